The highest BCUT2D eigenvalue weighted by molar-refractivity contribution is 6.11. The fourth-order valence-corrected chi connectivity index (χ4v) is 9.46. The minimum Gasteiger partial charge on any atom is -0.456 e. The summed E-state index contributed by atoms with van der Waals surface area (Å²) < 4.78 is 9.66. The Kier molecular flexibility index (Phi) is 11.3. The second kappa shape index (κ2) is 17.0. The third-order valence-corrected chi connectivity index (χ3v) is 13.7. The van der Waals surface area contributed by atoms with Gasteiger partial charge in [-0.25, -0.2) is 19.9 Å². The molecule has 6 aromatic carbocycles. The van der Waals surface area contributed by atoms with Crippen LogP contribution in [0.25, 0.3) is 61.8 Å². The van der Waals surface area contributed by atoms with Gasteiger partial charge in [0.25, 0.3) is 0 Å². The number of hydrogen-bond acceptors (Lipinski definition) is 7. The Morgan fingerprint density at radius 1 is 0.471 bits per heavy atom. The smallest absolute Gasteiger partial charge is 0.167 e. The molecule has 0 amide bonds. The molecular formula is C62H65N7O. The lowest BCUT2D eigenvalue weighted by molar-refractivity contribution is 0.480. The lowest BCUT2D eigenvalue weighted by Crippen LogP contribution is -2.24. The van der Waals surface area contributed by atoms with Crippen LogP contribution in [0.15, 0.2) is 146 Å². The van der Waals surface area contributed by atoms with Gasteiger partial charge in [-0.05, 0) is 98.5 Å². The van der Waals surface area contributed by atoms with Gasteiger partial charge in [-0.3, -0.25) is 4.57 Å². The average molecular weight is 924 g/mol. The maximum Gasteiger partial charge on any atom is 0.167 e. The van der Waals surface area contributed by atoms with Crippen molar-refractivity contribution in [3.63, 3.8) is 0 Å². The Bertz CT molecular complexity index is 3340. The number of ether oxygens (including phenoxy) is 1. The first-order valence-corrected chi connectivity index (χ1v) is 24.5. The number of aromatic nitrogens is 5. The molecule has 10 rings (SSSR count). The van der Waals surface area contributed by atoms with Gasteiger partial charge in [-0.15, -0.1) is 0 Å². The van der Waals surface area contributed by atoms with Crippen LogP contribution in [0.2, 0.25) is 0 Å². The molecule has 1 aliphatic rings. The van der Waals surface area contributed by atoms with E-state index in [0.717, 1.165) is 67.0 Å². The normalized spacial score (nSPS) is 13.4. The second-order valence-corrected chi connectivity index (χ2v) is 23.2. The van der Waals surface area contributed by atoms with Crippen molar-refractivity contribution in [2.45, 2.75) is 105 Å². The van der Waals surface area contributed by atoms with Crippen LogP contribution >= 0.6 is 0 Å². The monoisotopic (exact) mass is 924 g/mol. The lowest BCUT2D eigenvalue weighted by atomic mass is 9.86. The molecular weight excluding hydrogens is 859 g/mol. The number of hydrogen-bond donors (Lipinski definition) is 0. The summed E-state index contributed by atoms with van der Waals surface area (Å²) in [7, 11) is 2.14. The quantitative estimate of drug-likeness (QED) is 0.158. The van der Waals surface area contributed by atoms with Crippen molar-refractivity contribution < 1.29 is 4.74 Å². The van der Waals surface area contributed by atoms with E-state index in [9.17, 15) is 0 Å². The van der Waals surface area contributed by atoms with E-state index in [0.29, 0.717) is 29.9 Å². The predicted molar refractivity (Wildman–Crippen MR) is 291 cm³/mol. The fraction of sp³-hybridized carbons (Fsp3) is 0.290. The molecule has 0 N–H and O–H groups in total. The number of benzene rings is 6. The molecule has 3 aromatic heterocycles. The highest BCUT2D eigenvalue weighted by Crippen LogP contribution is 2.46. The van der Waals surface area contributed by atoms with Gasteiger partial charge in [0.05, 0.1) is 34.6 Å². The molecule has 8 heteroatoms. The molecule has 9 aromatic rings. The zero-order valence-electron chi connectivity index (χ0n) is 43.1. The Labute approximate surface area is 414 Å². The Morgan fingerprint density at radius 2 is 1.01 bits per heavy atom. The summed E-state index contributed by atoms with van der Waals surface area (Å²) in [5.41, 5.74) is 12.6. The highest BCUT2D eigenvalue weighted by Gasteiger charge is 2.28. The zero-order valence-corrected chi connectivity index (χ0v) is 43.1. The van der Waals surface area contributed by atoms with Crippen molar-refractivity contribution in [3.8, 4) is 51.5 Å². The van der Waals surface area contributed by atoms with Crippen molar-refractivity contribution in [3.05, 3.63) is 168 Å². The van der Waals surface area contributed by atoms with Gasteiger partial charge in [0.1, 0.15) is 17.3 Å². The number of para-hydroxylation sites is 2. The molecule has 8 nitrogen and oxygen atoms in total. The predicted octanol–water partition coefficient (Wildman–Crippen LogP) is 15.9. The van der Waals surface area contributed by atoms with E-state index in [2.05, 4.69) is 232 Å². The summed E-state index contributed by atoms with van der Waals surface area (Å²) in [6.07, 6.45) is 1.85. The molecule has 354 valence electrons. The summed E-state index contributed by atoms with van der Waals surface area (Å²) in [5, 5.41) is 2.15. The molecule has 0 bridgehead atoms. The summed E-state index contributed by atoms with van der Waals surface area (Å²) in [5.74, 6) is 3.85. The number of nitrogens with zero attached hydrogens (tertiary/aromatic N) is 7. The van der Waals surface area contributed by atoms with Gasteiger partial charge in [0.2, 0.25) is 0 Å². The van der Waals surface area contributed by atoms with Gasteiger partial charge in [0.15, 0.2) is 17.5 Å². The number of anilines is 3. The Balaban J connectivity index is 1.25. The van der Waals surface area contributed by atoms with Crippen LogP contribution in [-0.2, 0) is 21.7 Å². The van der Waals surface area contributed by atoms with Gasteiger partial charge >= 0.3 is 0 Å². The van der Waals surface area contributed by atoms with Crippen LogP contribution in [0, 0.1) is 0 Å². The number of pyridine rings is 1. The summed E-state index contributed by atoms with van der Waals surface area (Å²) in [4.78, 5) is 25.6. The molecule has 70 heavy (non-hydrogen) atoms. The van der Waals surface area contributed by atoms with E-state index >= 15 is 0 Å². The standard InChI is InChI=1S/C62H65N7O/c1-59(2,3)41-25-21-39(22-26-41)56-64-57(40-23-27-42(28-24-40)60(4,5)6)66-58(65-56)49-36-48-47-34-43(61(7,8)9)29-30-50(47)69(55-20-16-17-31-63-55)53(48)37-54(49)70-46-33-44(62(10,11)12)32-45(35-46)68-38-67(13)51-18-14-15-19-52(51)68/h14-37H,38H2,1-13H3. The SMILES string of the molecule is CN1CN(c2cc(Oc3cc4c(cc3-c3nc(-c5ccc(C(C)(C)C)cc5)nc(-c5ccc(C(C)(C)C)cc5)n3)c3cc(C(C)(C)C)ccc3n4-c3ccccn3)cc(C(C)(C)C)c2)c2ccccc21. The number of rotatable bonds is 7. The fourth-order valence-electron chi connectivity index (χ4n) is 9.46. The largest absolute Gasteiger partial charge is 0.456 e. The van der Waals surface area contributed by atoms with Crippen LogP contribution in [0.5, 0.6) is 11.5 Å². The summed E-state index contributed by atoms with van der Waals surface area (Å²) >= 11 is 0. The minimum atomic E-state index is -0.175. The van der Waals surface area contributed by atoms with Crippen LogP contribution in [0.1, 0.15) is 105 Å². The first-order chi connectivity index (χ1) is 33.1. The van der Waals surface area contributed by atoms with Crippen LogP contribution in [0.4, 0.5) is 17.1 Å². The molecule has 0 radical (unpaired) electrons. The van der Waals surface area contributed by atoms with E-state index in [1.807, 2.05) is 18.3 Å². The molecule has 0 aliphatic carbocycles. The van der Waals surface area contributed by atoms with Crippen molar-refractivity contribution in [1.82, 2.24) is 24.5 Å². The molecule has 0 atom stereocenters. The van der Waals surface area contributed by atoms with E-state index in [1.54, 1.807) is 0 Å². The Morgan fingerprint density at radius 3 is 1.59 bits per heavy atom. The molecule has 0 unspecified atom stereocenters. The van der Waals surface area contributed by atoms with E-state index in [4.69, 9.17) is 24.7 Å². The molecule has 1 aliphatic heterocycles. The van der Waals surface area contributed by atoms with Gasteiger partial charge in [-0.2, -0.15) is 0 Å². The van der Waals surface area contributed by atoms with Crippen LogP contribution < -0.4 is 14.5 Å². The van der Waals surface area contributed by atoms with E-state index in [1.165, 1.54) is 22.4 Å². The zero-order chi connectivity index (χ0) is 49.5. The number of fused-ring (bicyclic) bond motifs is 4. The van der Waals surface area contributed by atoms with Gasteiger partial charge in [-0.1, -0.05) is 156 Å². The average Bonchev–Trinajstić information content (AvgIpc) is 3.83. The highest BCUT2D eigenvalue weighted by atomic mass is 16.5. The lowest BCUT2D eigenvalue weighted by Gasteiger charge is -2.26. The van der Waals surface area contributed by atoms with Gasteiger partial charge in [0, 0.05) is 53.0 Å². The first-order valence-electron chi connectivity index (χ1n) is 24.5. The minimum absolute atomic E-state index is 0.00997. The first kappa shape index (κ1) is 46.4. The third kappa shape index (κ3) is 8.80. The molecule has 0 saturated heterocycles. The van der Waals surface area contributed by atoms with Crippen LogP contribution in [0.3, 0.4) is 0 Å². The topological polar surface area (TPSA) is 72.2 Å². The van der Waals surface area contributed by atoms with Crippen LogP contribution in [-0.4, -0.2) is 38.2 Å². The summed E-state index contributed by atoms with van der Waals surface area (Å²) in [6, 6.07) is 49.8. The maximum atomic E-state index is 7.41. The van der Waals surface area contributed by atoms with E-state index < -0.39 is 0 Å². The molecule has 0 saturated carbocycles. The second-order valence-electron chi connectivity index (χ2n) is 23.2. The van der Waals surface area contributed by atoms with Crippen molar-refractivity contribution in [2.24, 2.45) is 0 Å². The molecule has 0 fully saturated rings. The van der Waals surface area contributed by atoms with Crippen molar-refractivity contribution >= 4 is 38.9 Å². The van der Waals surface area contributed by atoms with Crippen molar-refractivity contribution in [1.29, 1.82) is 0 Å². The molecule has 4 heterocycles. The van der Waals surface area contributed by atoms with Gasteiger partial charge < -0.3 is 14.5 Å². The molecule has 0 spiro atoms. The Hall–Kier alpha value is -7.32. The maximum absolute atomic E-state index is 7.41. The van der Waals surface area contributed by atoms with E-state index in [-0.39, 0.29) is 21.7 Å². The third-order valence-electron chi connectivity index (χ3n) is 13.7. The summed E-state index contributed by atoms with van der Waals surface area (Å²) in [6.45, 7) is 27.7. The van der Waals surface area contributed by atoms with Crippen molar-refractivity contribution in [2.75, 3.05) is 23.5 Å².